The van der Waals surface area contributed by atoms with Crippen molar-refractivity contribution in [3.05, 3.63) is 53.6 Å². The highest BCUT2D eigenvalue weighted by atomic mass is 32.2. The van der Waals surface area contributed by atoms with Crippen LogP contribution in [0.3, 0.4) is 0 Å². The van der Waals surface area contributed by atoms with E-state index >= 15 is 0 Å². The number of rotatable bonds is 6. The van der Waals surface area contributed by atoms with Crippen LogP contribution < -0.4 is 14.8 Å². The van der Waals surface area contributed by atoms with E-state index in [2.05, 4.69) is 5.32 Å². The number of nitrogens with one attached hydrogen (secondary N) is 1. The van der Waals surface area contributed by atoms with Gasteiger partial charge in [0.1, 0.15) is 13.2 Å². The highest BCUT2D eigenvalue weighted by molar-refractivity contribution is 7.89. The number of carbonyl (C=O) groups is 1. The Balaban J connectivity index is 1.62. The Morgan fingerprint density at radius 1 is 1.07 bits per heavy atom. The van der Waals surface area contributed by atoms with Gasteiger partial charge in [0.25, 0.3) is 0 Å². The Labute approximate surface area is 158 Å². The first-order valence-corrected chi connectivity index (χ1v) is 9.98. The lowest BCUT2D eigenvalue weighted by Crippen LogP contribution is -2.38. The Kier molecular flexibility index (Phi) is 5.67. The van der Waals surface area contributed by atoms with Crippen molar-refractivity contribution in [2.75, 3.05) is 26.8 Å². The lowest BCUT2D eigenvalue weighted by atomic mass is 10.1. The fourth-order valence-corrected chi connectivity index (χ4v) is 3.76. The van der Waals surface area contributed by atoms with E-state index in [4.69, 9.17) is 9.47 Å². The molecule has 1 aliphatic heterocycles. The molecule has 0 spiro atoms. The smallest absolute Gasteiger partial charge is 0.243 e. The van der Waals surface area contributed by atoms with Gasteiger partial charge in [0.2, 0.25) is 15.9 Å². The molecule has 27 heavy (non-hydrogen) atoms. The van der Waals surface area contributed by atoms with Crippen molar-refractivity contribution in [1.29, 1.82) is 0 Å². The van der Waals surface area contributed by atoms with Crippen LogP contribution in [0.5, 0.6) is 11.5 Å². The van der Waals surface area contributed by atoms with Gasteiger partial charge in [-0.15, -0.1) is 0 Å². The maximum atomic E-state index is 12.7. The van der Waals surface area contributed by atoms with E-state index in [9.17, 15) is 13.2 Å². The Morgan fingerprint density at radius 2 is 1.74 bits per heavy atom. The van der Waals surface area contributed by atoms with Crippen molar-refractivity contribution < 1.29 is 22.7 Å². The number of amides is 1. The molecule has 8 heteroatoms. The molecular formula is C19H22N2O5S. The molecule has 1 amide bonds. The Hall–Kier alpha value is -2.58. The molecule has 2 aromatic rings. The molecule has 0 fully saturated rings. The normalized spacial score (nSPS) is 13.4. The van der Waals surface area contributed by atoms with Crippen LogP contribution in [-0.4, -0.2) is 45.4 Å². The summed E-state index contributed by atoms with van der Waals surface area (Å²) in [5.41, 5.74) is 2.08. The second kappa shape index (κ2) is 7.98. The van der Waals surface area contributed by atoms with Gasteiger partial charge >= 0.3 is 0 Å². The van der Waals surface area contributed by atoms with E-state index in [1.165, 1.54) is 19.2 Å². The van der Waals surface area contributed by atoms with Crippen LogP contribution in [0.25, 0.3) is 0 Å². The number of aryl methyl sites for hydroxylation is 1. The highest BCUT2D eigenvalue weighted by Crippen LogP contribution is 2.32. The van der Waals surface area contributed by atoms with Gasteiger partial charge in [0.15, 0.2) is 11.5 Å². The molecule has 7 nitrogen and oxygen atoms in total. The van der Waals surface area contributed by atoms with E-state index in [0.29, 0.717) is 31.3 Å². The molecule has 0 saturated heterocycles. The third kappa shape index (κ3) is 4.58. The maximum absolute atomic E-state index is 12.7. The highest BCUT2D eigenvalue weighted by Gasteiger charge is 2.25. The summed E-state index contributed by atoms with van der Waals surface area (Å²) in [7, 11) is -2.45. The summed E-state index contributed by atoms with van der Waals surface area (Å²) in [6, 6.07) is 12.2. The van der Waals surface area contributed by atoms with Crippen LogP contribution in [0, 0.1) is 6.92 Å². The fourth-order valence-electron chi connectivity index (χ4n) is 2.61. The number of ether oxygens (including phenoxy) is 2. The SMILES string of the molecule is Cc1ccc(CNC(=O)CN(C)S(=O)(=O)c2ccc3c(c2)OCCO3)cc1. The molecule has 0 aliphatic carbocycles. The van der Waals surface area contributed by atoms with Crippen LogP contribution in [-0.2, 0) is 21.4 Å². The number of hydrogen-bond acceptors (Lipinski definition) is 5. The summed E-state index contributed by atoms with van der Waals surface area (Å²) < 4.78 is 37.3. The predicted molar refractivity (Wildman–Crippen MR) is 100 cm³/mol. The molecule has 1 heterocycles. The number of nitrogens with zero attached hydrogens (tertiary/aromatic N) is 1. The quantitative estimate of drug-likeness (QED) is 0.812. The second-order valence-corrected chi connectivity index (χ2v) is 8.37. The van der Waals surface area contributed by atoms with Crippen LogP contribution in [0.15, 0.2) is 47.4 Å². The third-order valence-electron chi connectivity index (χ3n) is 4.20. The molecule has 1 N–H and O–H groups in total. The number of carbonyl (C=O) groups excluding carboxylic acids is 1. The lowest BCUT2D eigenvalue weighted by molar-refractivity contribution is -0.121. The first-order chi connectivity index (χ1) is 12.9. The molecule has 2 aromatic carbocycles. The van der Waals surface area contributed by atoms with Crippen LogP contribution in [0.4, 0.5) is 0 Å². The van der Waals surface area contributed by atoms with E-state index in [0.717, 1.165) is 15.4 Å². The molecule has 144 valence electrons. The molecule has 0 aromatic heterocycles. The minimum Gasteiger partial charge on any atom is -0.486 e. The monoisotopic (exact) mass is 390 g/mol. The van der Waals surface area contributed by atoms with Crippen molar-refractivity contribution in [2.24, 2.45) is 0 Å². The summed E-state index contributed by atoms with van der Waals surface area (Å²) in [5, 5.41) is 2.73. The fraction of sp³-hybridized carbons (Fsp3) is 0.316. The van der Waals surface area contributed by atoms with Crippen LogP contribution in [0.1, 0.15) is 11.1 Å². The van der Waals surface area contributed by atoms with Crippen molar-refractivity contribution >= 4 is 15.9 Å². The largest absolute Gasteiger partial charge is 0.486 e. The van der Waals surface area contributed by atoms with E-state index < -0.39 is 10.0 Å². The molecule has 0 radical (unpaired) electrons. The minimum atomic E-state index is -3.82. The summed E-state index contributed by atoms with van der Waals surface area (Å²) in [6.45, 7) is 2.85. The van der Waals surface area contributed by atoms with Crippen LogP contribution in [0.2, 0.25) is 0 Å². The predicted octanol–water partition coefficient (Wildman–Crippen LogP) is 1.70. The van der Waals surface area contributed by atoms with Gasteiger partial charge in [-0.3, -0.25) is 4.79 Å². The van der Waals surface area contributed by atoms with Gasteiger partial charge < -0.3 is 14.8 Å². The zero-order chi connectivity index (χ0) is 19.4. The van der Waals surface area contributed by atoms with Gasteiger partial charge in [-0.1, -0.05) is 29.8 Å². The standard InChI is InChI=1S/C19H22N2O5S/c1-14-3-5-15(6-4-14)12-20-19(22)13-21(2)27(23,24)16-7-8-17-18(11-16)26-10-9-25-17/h3-8,11H,9-10,12-13H2,1-2H3,(H,20,22). The van der Waals surface area contributed by atoms with Gasteiger partial charge in [0.05, 0.1) is 11.4 Å². The van der Waals surface area contributed by atoms with Gasteiger partial charge in [-0.25, -0.2) is 8.42 Å². The summed E-state index contributed by atoms with van der Waals surface area (Å²) in [6.07, 6.45) is 0. The first-order valence-electron chi connectivity index (χ1n) is 8.54. The van der Waals surface area contributed by atoms with E-state index in [1.807, 2.05) is 31.2 Å². The first kappa shape index (κ1) is 19.2. The van der Waals surface area contributed by atoms with Gasteiger partial charge in [-0.05, 0) is 24.6 Å². The number of likely N-dealkylation sites (N-methyl/N-ethyl adjacent to an activating group) is 1. The van der Waals surface area contributed by atoms with Crippen LogP contribution >= 0.6 is 0 Å². The summed E-state index contributed by atoms with van der Waals surface area (Å²) >= 11 is 0. The molecule has 1 aliphatic rings. The minimum absolute atomic E-state index is 0.0561. The Morgan fingerprint density at radius 3 is 2.44 bits per heavy atom. The number of sulfonamides is 1. The topological polar surface area (TPSA) is 84.9 Å². The van der Waals surface area contributed by atoms with Gasteiger partial charge in [-0.2, -0.15) is 4.31 Å². The average molecular weight is 390 g/mol. The van der Waals surface area contributed by atoms with Gasteiger partial charge in [0, 0.05) is 19.7 Å². The number of fused-ring (bicyclic) bond motifs is 1. The lowest BCUT2D eigenvalue weighted by Gasteiger charge is -2.21. The van der Waals surface area contributed by atoms with Crippen molar-refractivity contribution in [3.8, 4) is 11.5 Å². The van der Waals surface area contributed by atoms with E-state index in [1.54, 1.807) is 6.07 Å². The average Bonchev–Trinajstić information content (AvgIpc) is 2.67. The van der Waals surface area contributed by atoms with Crippen molar-refractivity contribution in [1.82, 2.24) is 9.62 Å². The second-order valence-electron chi connectivity index (χ2n) is 6.33. The summed E-state index contributed by atoms with van der Waals surface area (Å²) in [5.74, 6) is 0.525. The maximum Gasteiger partial charge on any atom is 0.243 e. The molecule has 0 atom stereocenters. The zero-order valence-corrected chi connectivity index (χ0v) is 16.1. The third-order valence-corrected chi connectivity index (χ3v) is 6.00. The molecule has 0 unspecified atom stereocenters. The summed E-state index contributed by atoms with van der Waals surface area (Å²) in [4.78, 5) is 12.2. The number of hydrogen-bond donors (Lipinski definition) is 1. The zero-order valence-electron chi connectivity index (χ0n) is 15.3. The number of benzene rings is 2. The van der Waals surface area contributed by atoms with Crippen molar-refractivity contribution in [3.63, 3.8) is 0 Å². The molecule has 0 saturated carbocycles. The van der Waals surface area contributed by atoms with E-state index in [-0.39, 0.29) is 17.3 Å². The van der Waals surface area contributed by atoms with Crippen molar-refractivity contribution in [2.45, 2.75) is 18.4 Å². The molecular weight excluding hydrogens is 368 g/mol. The molecule has 0 bridgehead atoms. The Bertz CT molecular complexity index is 926. The molecule has 3 rings (SSSR count).